The Morgan fingerprint density at radius 3 is 1.25 bits per heavy atom. The van der Waals surface area contributed by atoms with Gasteiger partial charge in [0.15, 0.2) is 6.54 Å². The number of halogens is 7. The van der Waals surface area contributed by atoms with Crippen molar-refractivity contribution in [2.24, 2.45) is 0 Å². The molecule has 0 saturated heterocycles. The fraction of sp³-hybridized carbons (Fsp3) is 0.0645. The van der Waals surface area contributed by atoms with Gasteiger partial charge >= 0.3 is 13.4 Å². The van der Waals surface area contributed by atoms with Crippen LogP contribution in [-0.2, 0) is 12.7 Å². The van der Waals surface area contributed by atoms with Crippen LogP contribution in [0, 0.1) is 0 Å². The maximum Gasteiger partial charge on any atom is 0.673 e. The van der Waals surface area contributed by atoms with Gasteiger partial charge in [-0.1, -0.05) is 78.9 Å². The van der Waals surface area contributed by atoms with E-state index in [0.29, 0.717) is 6.54 Å². The monoisotopic (exact) mass is 553 g/mol. The highest BCUT2D eigenvalue weighted by molar-refractivity contribution is 6.50. The highest BCUT2D eigenvalue weighted by Gasteiger charge is 2.30. The molecule has 9 heteroatoms. The average molecular weight is 553 g/mol. The van der Waals surface area contributed by atoms with Gasteiger partial charge in [-0.05, 0) is 47.5 Å². The van der Waals surface area contributed by atoms with E-state index in [4.69, 9.17) is 0 Å². The molecule has 4 aromatic carbocycles. The van der Waals surface area contributed by atoms with Gasteiger partial charge in [0.2, 0.25) is 11.4 Å². The van der Waals surface area contributed by atoms with Crippen LogP contribution in [0.5, 0.6) is 0 Å². The molecular weight excluding hydrogens is 530 g/mol. The van der Waals surface area contributed by atoms with Crippen LogP contribution in [0.3, 0.4) is 0 Å². The zero-order valence-corrected chi connectivity index (χ0v) is 21.0. The fourth-order valence-corrected chi connectivity index (χ4v) is 4.27. The van der Waals surface area contributed by atoms with E-state index in [1.54, 1.807) is 12.1 Å². The van der Waals surface area contributed by atoms with Crippen LogP contribution in [0.1, 0.15) is 11.1 Å². The van der Waals surface area contributed by atoms with Crippen molar-refractivity contribution in [3.63, 3.8) is 0 Å². The molecule has 0 bridgehead atoms. The quantitative estimate of drug-likeness (QED) is 0.116. The molecule has 0 unspecified atom stereocenters. The number of rotatable bonds is 5. The summed E-state index contributed by atoms with van der Waals surface area (Å²) in [7, 11) is -6.00. The first-order valence-electron chi connectivity index (χ1n) is 12.3. The van der Waals surface area contributed by atoms with Crippen molar-refractivity contribution in [1.29, 1.82) is 0 Å². The van der Waals surface area contributed by atoms with Crippen molar-refractivity contribution in [1.82, 2.24) is 0 Å². The number of nitrogens with zero attached hydrogens (tertiary/aromatic N) is 1. The van der Waals surface area contributed by atoms with Crippen LogP contribution in [0.2, 0.25) is 0 Å². The van der Waals surface area contributed by atoms with Gasteiger partial charge < -0.3 is 17.3 Å². The molecule has 5 rings (SSSR count). The summed E-state index contributed by atoms with van der Waals surface area (Å²) in [6, 6.07) is 40.1. The molecule has 0 saturated carbocycles. The number of hydrogen-bond acceptors (Lipinski definition) is 0. The molecule has 0 spiro atoms. The maximum absolute atomic E-state index is 13.1. The second-order valence-corrected chi connectivity index (χ2v) is 8.89. The largest absolute Gasteiger partial charge is 0.673 e. The lowest BCUT2D eigenvalue weighted by Crippen LogP contribution is -2.39. The number of benzene rings is 4. The minimum Gasteiger partial charge on any atom is -0.418 e. The Hall–Kier alpha value is -4.40. The highest BCUT2D eigenvalue weighted by atomic mass is 19.5. The van der Waals surface area contributed by atoms with Crippen molar-refractivity contribution in [2.75, 3.05) is 0 Å². The Bertz CT molecular complexity index is 1450. The number of aromatic nitrogens is 1. The minimum absolute atomic E-state index is 0.432. The molecule has 0 aliphatic carbocycles. The number of hydrogen-bond donors (Lipinski definition) is 0. The summed E-state index contributed by atoms with van der Waals surface area (Å²) in [5.41, 5.74) is 6.39. The van der Waals surface area contributed by atoms with Crippen molar-refractivity contribution in [2.45, 2.75) is 12.7 Å². The van der Waals surface area contributed by atoms with Gasteiger partial charge in [0.05, 0.1) is 5.56 Å². The van der Waals surface area contributed by atoms with E-state index in [9.17, 15) is 30.4 Å². The molecule has 0 aliphatic heterocycles. The lowest BCUT2D eigenvalue weighted by atomic mass is 9.98. The lowest BCUT2D eigenvalue weighted by Gasteiger charge is -2.13. The third-order valence-electron chi connectivity index (χ3n) is 6.03. The Balaban J connectivity index is 0.000000681. The Morgan fingerprint density at radius 2 is 0.875 bits per heavy atom. The minimum atomic E-state index is -6.00. The molecule has 0 fully saturated rings. The lowest BCUT2D eigenvalue weighted by molar-refractivity contribution is -0.666. The van der Waals surface area contributed by atoms with Gasteiger partial charge in [0, 0.05) is 28.8 Å². The van der Waals surface area contributed by atoms with E-state index in [2.05, 4.69) is 53.1 Å². The third-order valence-corrected chi connectivity index (χ3v) is 6.03. The summed E-state index contributed by atoms with van der Waals surface area (Å²) in [5, 5.41) is 0. The summed E-state index contributed by atoms with van der Waals surface area (Å²) in [6.45, 7) is 0.432. The first kappa shape index (κ1) is 28.6. The van der Waals surface area contributed by atoms with Crippen molar-refractivity contribution < 1.29 is 35.0 Å². The number of alkyl halides is 3. The van der Waals surface area contributed by atoms with Gasteiger partial charge in [-0.15, -0.1) is 0 Å². The highest BCUT2D eigenvalue weighted by Crippen LogP contribution is 2.31. The zero-order valence-electron chi connectivity index (χ0n) is 21.0. The normalized spacial score (nSPS) is 11.5. The van der Waals surface area contributed by atoms with Crippen LogP contribution >= 0.6 is 0 Å². The van der Waals surface area contributed by atoms with E-state index in [1.165, 1.54) is 0 Å². The summed E-state index contributed by atoms with van der Waals surface area (Å²) in [6.07, 6.45) is -4.35. The second-order valence-electron chi connectivity index (χ2n) is 8.89. The Kier molecular flexibility index (Phi) is 8.72. The van der Waals surface area contributed by atoms with Gasteiger partial charge in [-0.2, -0.15) is 17.7 Å². The van der Waals surface area contributed by atoms with Gasteiger partial charge in [-0.3, -0.25) is 0 Å². The fourth-order valence-electron chi connectivity index (χ4n) is 4.27. The van der Waals surface area contributed by atoms with E-state index < -0.39 is 19.0 Å². The van der Waals surface area contributed by atoms with Gasteiger partial charge in [0.25, 0.3) is 0 Å². The van der Waals surface area contributed by atoms with Crippen LogP contribution in [0.15, 0.2) is 127 Å². The number of pyridine rings is 1. The standard InChI is InChI=1S/C31H23F3N.BF4/c32-31(33,34)28-18-16-23(17-19-28)22-35-29(25-12-6-2-7-13-25)20-27(24-10-4-1-5-11-24)21-30(35)26-14-8-3-9-15-26;2-1(3,4)5/h1-21H,22H2;/q+1;-1. The molecule has 0 aliphatic rings. The molecule has 0 N–H and O–H groups in total. The summed E-state index contributed by atoms with van der Waals surface area (Å²) < 4.78 is 80.5. The third kappa shape index (κ3) is 7.82. The van der Waals surface area contributed by atoms with Gasteiger partial charge in [-0.25, -0.2) is 0 Å². The summed E-state index contributed by atoms with van der Waals surface area (Å²) >= 11 is 0. The SMILES string of the molecule is FC(F)(F)c1ccc(C[n+]2c(-c3ccccc3)cc(-c3ccccc3)cc2-c2ccccc2)cc1.F[B-](F)(F)F. The molecule has 0 atom stereocenters. The van der Waals surface area contributed by atoms with Crippen LogP contribution < -0.4 is 4.57 Å². The van der Waals surface area contributed by atoms with Crippen LogP contribution in [0.4, 0.5) is 30.4 Å². The molecule has 0 amide bonds. The molecular formula is C31H23BF7N. The smallest absolute Gasteiger partial charge is 0.418 e. The first-order valence-corrected chi connectivity index (χ1v) is 12.3. The Morgan fingerprint density at radius 1 is 0.500 bits per heavy atom. The first-order chi connectivity index (χ1) is 19.0. The van der Waals surface area contributed by atoms with Crippen molar-refractivity contribution in [3.05, 3.63) is 139 Å². The molecule has 1 heterocycles. The van der Waals surface area contributed by atoms with Crippen molar-refractivity contribution in [3.8, 4) is 33.6 Å². The maximum atomic E-state index is 13.1. The Labute approximate surface area is 227 Å². The molecule has 40 heavy (non-hydrogen) atoms. The van der Waals surface area contributed by atoms with E-state index in [-0.39, 0.29) is 0 Å². The molecule has 1 nitrogen and oxygen atoms in total. The van der Waals surface area contributed by atoms with Crippen LogP contribution in [0.25, 0.3) is 33.6 Å². The van der Waals surface area contributed by atoms with Crippen LogP contribution in [-0.4, -0.2) is 7.25 Å². The molecule has 204 valence electrons. The zero-order chi connectivity index (χ0) is 28.8. The molecule has 1 aromatic heterocycles. The van der Waals surface area contributed by atoms with Crippen molar-refractivity contribution >= 4 is 7.25 Å². The van der Waals surface area contributed by atoms with E-state index >= 15 is 0 Å². The summed E-state index contributed by atoms with van der Waals surface area (Å²) in [5.74, 6) is 0. The molecule has 0 radical (unpaired) electrons. The van der Waals surface area contributed by atoms with E-state index in [0.717, 1.165) is 51.3 Å². The topological polar surface area (TPSA) is 3.88 Å². The van der Waals surface area contributed by atoms with E-state index in [1.807, 2.05) is 54.6 Å². The average Bonchev–Trinajstić information content (AvgIpc) is 2.93. The molecule has 5 aromatic rings. The predicted molar refractivity (Wildman–Crippen MR) is 144 cm³/mol. The van der Waals surface area contributed by atoms with Gasteiger partial charge in [0.1, 0.15) is 0 Å². The second kappa shape index (κ2) is 12.2. The predicted octanol–water partition coefficient (Wildman–Crippen LogP) is 9.34. The summed E-state index contributed by atoms with van der Waals surface area (Å²) in [4.78, 5) is 0.